The zero-order valence-electron chi connectivity index (χ0n) is 12.2. The van der Waals surface area contributed by atoms with Crippen molar-refractivity contribution < 1.29 is 4.74 Å². The van der Waals surface area contributed by atoms with Crippen LogP contribution < -0.4 is 15.4 Å². The molecule has 6 heteroatoms. The number of benzene rings is 1. The van der Waals surface area contributed by atoms with Crippen LogP contribution in [0.25, 0.3) is 0 Å². The fourth-order valence-electron chi connectivity index (χ4n) is 1.96. The zero-order valence-corrected chi connectivity index (χ0v) is 12.2. The first kappa shape index (κ1) is 14.0. The number of anilines is 3. The van der Waals surface area contributed by atoms with E-state index in [9.17, 15) is 0 Å². The molecule has 0 spiro atoms. The molecule has 2 N–H and O–H groups in total. The molecule has 0 saturated heterocycles. The minimum absolute atomic E-state index is 0.148. The fourth-order valence-corrected chi connectivity index (χ4v) is 1.96. The monoisotopic (exact) mass is 273 g/mol. The predicted molar refractivity (Wildman–Crippen MR) is 79.4 cm³/mol. The highest BCUT2D eigenvalue weighted by atomic mass is 16.5. The van der Waals surface area contributed by atoms with E-state index in [1.165, 1.54) is 11.1 Å². The van der Waals surface area contributed by atoms with Gasteiger partial charge in [-0.1, -0.05) is 6.07 Å². The van der Waals surface area contributed by atoms with Gasteiger partial charge in [0.25, 0.3) is 0 Å². The van der Waals surface area contributed by atoms with Crippen molar-refractivity contribution in [2.24, 2.45) is 0 Å². The lowest BCUT2D eigenvalue weighted by atomic mass is 10.1. The molecule has 1 aromatic carbocycles. The van der Waals surface area contributed by atoms with E-state index in [0.717, 1.165) is 5.69 Å². The topological polar surface area (TPSA) is 77.2 Å². The van der Waals surface area contributed by atoms with E-state index in [4.69, 9.17) is 10.5 Å². The van der Waals surface area contributed by atoms with E-state index >= 15 is 0 Å². The van der Waals surface area contributed by atoms with E-state index in [1.54, 1.807) is 0 Å². The number of ether oxygens (including phenoxy) is 1. The quantitative estimate of drug-likeness (QED) is 0.920. The molecule has 0 unspecified atom stereocenters. The Balaban J connectivity index is 2.39. The van der Waals surface area contributed by atoms with E-state index in [2.05, 4.69) is 47.0 Å². The van der Waals surface area contributed by atoms with Gasteiger partial charge in [0.15, 0.2) is 0 Å². The lowest BCUT2D eigenvalue weighted by molar-refractivity contribution is 0.312. The molecule has 0 amide bonds. The van der Waals surface area contributed by atoms with Gasteiger partial charge in [0.2, 0.25) is 11.9 Å². The standard InChI is InChI=1S/C14H19N5O/c1-5-20-14-17-12(15)16-13(18-14)19(4)11-7-9(2)6-10(3)8-11/h6-8H,5H2,1-4H3,(H2,15,16,17,18). The summed E-state index contributed by atoms with van der Waals surface area (Å²) in [6, 6.07) is 6.48. The molecule has 2 aromatic rings. The molecule has 0 aliphatic carbocycles. The molecule has 0 atom stereocenters. The van der Waals surface area contributed by atoms with Crippen LogP contribution in [0.15, 0.2) is 18.2 Å². The van der Waals surface area contributed by atoms with Gasteiger partial charge in [-0.3, -0.25) is 0 Å². The number of nitrogens with two attached hydrogens (primary N) is 1. The number of hydrogen-bond acceptors (Lipinski definition) is 6. The summed E-state index contributed by atoms with van der Waals surface area (Å²) in [5.74, 6) is 0.612. The number of nitrogen functional groups attached to an aromatic ring is 1. The highest BCUT2D eigenvalue weighted by Crippen LogP contribution is 2.24. The number of rotatable bonds is 4. The number of aryl methyl sites for hydroxylation is 2. The number of aromatic nitrogens is 3. The molecule has 2 rings (SSSR count). The van der Waals surface area contributed by atoms with Crippen molar-refractivity contribution in [2.45, 2.75) is 20.8 Å². The first-order valence-corrected chi connectivity index (χ1v) is 6.46. The number of hydrogen-bond donors (Lipinski definition) is 1. The van der Waals surface area contributed by atoms with Crippen molar-refractivity contribution >= 4 is 17.6 Å². The predicted octanol–water partition coefficient (Wildman–Crippen LogP) is 2.24. The van der Waals surface area contributed by atoms with Crippen LogP contribution in [-0.4, -0.2) is 28.6 Å². The summed E-state index contributed by atoms with van der Waals surface area (Å²) in [5, 5.41) is 0. The molecule has 0 aliphatic rings. The Hall–Kier alpha value is -2.37. The first-order chi connectivity index (χ1) is 9.49. The highest BCUT2D eigenvalue weighted by Gasteiger charge is 2.12. The average molecular weight is 273 g/mol. The van der Waals surface area contributed by atoms with Gasteiger partial charge < -0.3 is 15.4 Å². The first-order valence-electron chi connectivity index (χ1n) is 6.46. The van der Waals surface area contributed by atoms with Crippen LogP contribution in [0.5, 0.6) is 6.01 Å². The van der Waals surface area contributed by atoms with Crippen molar-refractivity contribution in [3.05, 3.63) is 29.3 Å². The molecule has 6 nitrogen and oxygen atoms in total. The summed E-state index contributed by atoms with van der Waals surface area (Å²) < 4.78 is 5.29. The van der Waals surface area contributed by atoms with Gasteiger partial charge in [0, 0.05) is 12.7 Å². The Kier molecular flexibility index (Phi) is 4.02. The largest absolute Gasteiger partial charge is 0.464 e. The molecule has 0 aliphatic heterocycles. The van der Waals surface area contributed by atoms with Gasteiger partial charge in [-0.2, -0.15) is 15.0 Å². The second-order valence-corrected chi connectivity index (χ2v) is 4.61. The van der Waals surface area contributed by atoms with Crippen LogP contribution in [0, 0.1) is 13.8 Å². The van der Waals surface area contributed by atoms with Crippen molar-refractivity contribution in [3.8, 4) is 6.01 Å². The van der Waals surface area contributed by atoms with Crippen LogP contribution >= 0.6 is 0 Å². The summed E-state index contributed by atoms with van der Waals surface area (Å²) in [7, 11) is 1.89. The van der Waals surface area contributed by atoms with Crippen LogP contribution in [0.3, 0.4) is 0 Å². The lowest BCUT2D eigenvalue weighted by Crippen LogP contribution is -2.16. The fraction of sp³-hybridized carbons (Fsp3) is 0.357. The Morgan fingerprint density at radius 3 is 2.35 bits per heavy atom. The summed E-state index contributed by atoms with van der Waals surface area (Å²) in [6.07, 6.45) is 0. The van der Waals surface area contributed by atoms with Crippen molar-refractivity contribution in [2.75, 3.05) is 24.3 Å². The Morgan fingerprint density at radius 1 is 1.10 bits per heavy atom. The Labute approximate surface area is 118 Å². The summed E-state index contributed by atoms with van der Waals surface area (Å²) in [4.78, 5) is 14.2. The van der Waals surface area contributed by atoms with Crippen molar-refractivity contribution in [1.82, 2.24) is 15.0 Å². The van der Waals surface area contributed by atoms with Gasteiger partial charge in [0.1, 0.15) is 0 Å². The molecular formula is C14H19N5O. The smallest absolute Gasteiger partial charge is 0.323 e. The van der Waals surface area contributed by atoms with E-state index < -0.39 is 0 Å². The van der Waals surface area contributed by atoms with Crippen LogP contribution in [0.2, 0.25) is 0 Å². The van der Waals surface area contributed by atoms with Gasteiger partial charge in [-0.15, -0.1) is 0 Å². The van der Waals surface area contributed by atoms with Crippen LogP contribution in [-0.2, 0) is 0 Å². The molecule has 0 fully saturated rings. The minimum atomic E-state index is 0.148. The van der Waals surface area contributed by atoms with E-state index in [-0.39, 0.29) is 12.0 Å². The second-order valence-electron chi connectivity index (χ2n) is 4.61. The summed E-state index contributed by atoms with van der Waals surface area (Å²) in [6.45, 7) is 6.46. The SMILES string of the molecule is CCOc1nc(N)nc(N(C)c2cc(C)cc(C)c2)n1. The molecule has 1 heterocycles. The summed E-state index contributed by atoms with van der Waals surface area (Å²) >= 11 is 0. The zero-order chi connectivity index (χ0) is 14.7. The molecule has 20 heavy (non-hydrogen) atoms. The molecule has 1 aromatic heterocycles. The van der Waals surface area contributed by atoms with E-state index in [0.29, 0.717) is 12.6 Å². The molecule has 0 radical (unpaired) electrons. The van der Waals surface area contributed by atoms with Gasteiger partial charge in [0.05, 0.1) is 6.61 Å². The normalized spacial score (nSPS) is 10.4. The summed E-state index contributed by atoms with van der Waals surface area (Å²) in [5.41, 5.74) is 9.05. The van der Waals surface area contributed by atoms with Crippen molar-refractivity contribution in [3.63, 3.8) is 0 Å². The maximum absolute atomic E-state index is 5.70. The van der Waals surface area contributed by atoms with Gasteiger partial charge >= 0.3 is 6.01 Å². The van der Waals surface area contributed by atoms with Gasteiger partial charge in [-0.05, 0) is 44.0 Å². The molecule has 0 bridgehead atoms. The third kappa shape index (κ3) is 3.14. The lowest BCUT2D eigenvalue weighted by Gasteiger charge is -2.18. The Bertz CT molecular complexity index is 594. The Morgan fingerprint density at radius 2 is 1.75 bits per heavy atom. The minimum Gasteiger partial charge on any atom is -0.464 e. The van der Waals surface area contributed by atoms with Crippen LogP contribution in [0.4, 0.5) is 17.6 Å². The van der Waals surface area contributed by atoms with Gasteiger partial charge in [-0.25, -0.2) is 0 Å². The van der Waals surface area contributed by atoms with E-state index in [1.807, 2.05) is 18.9 Å². The highest BCUT2D eigenvalue weighted by molar-refractivity contribution is 5.59. The molecular weight excluding hydrogens is 254 g/mol. The third-order valence-corrected chi connectivity index (χ3v) is 2.79. The average Bonchev–Trinajstić information content (AvgIpc) is 2.36. The molecule has 0 saturated carbocycles. The molecule has 106 valence electrons. The van der Waals surface area contributed by atoms with Crippen molar-refractivity contribution in [1.29, 1.82) is 0 Å². The number of nitrogens with zero attached hydrogens (tertiary/aromatic N) is 4. The maximum Gasteiger partial charge on any atom is 0.323 e. The second kappa shape index (κ2) is 5.73. The maximum atomic E-state index is 5.70. The third-order valence-electron chi connectivity index (χ3n) is 2.79. The van der Waals surface area contributed by atoms with Crippen LogP contribution in [0.1, 0.15) is 18.1 Å².